The molecule has 0 spiro atoms. The van der Waals surface area contributed by atoms with E-state index in [2.05, 4.69) is 40.4 Å². The summed E-state index contributed by atoms with van der Waals surface area (Å²) in [6, 6.07) is 8.59. The number of hydrazine groups is 1. The van der Waals surface area contributed by atoms with Gasteiger partial charge >= 0.3 is 0 Å². The molecule has 3 heteroatoms. The van der Waals surface area contributed by atoms with Crippen molar-refractivity contribution in [3.8, 4) is 0 Å². The van der Waals surface area contributed by atoms with E-state index >= 15 is 0 Å². The van der Waals surface area contributed by atoms with Gasteiger partial charge in [-0.3, -0.25) is 11.3 Å². The molecule has 72 valence electrons. The zero-order chi connectivity index (χ0) is 9.68. The van der Waals surface area contributed by atoms with Crippen LogP contribution in [0.5, 0.6) is 0 Å². The highest BCUT2D eigenvalue weighted by atomic mass is 79.9. The Morgan fingerprint density at radius 3 is 2.69 bits per heavy atom. The molecule has 1 aromatic rings. The first kappa shape index (κ1) is 10.7. The lowest BCUT2D eigenvalue weighted by Crippen LogP contribution is -2.36. The lowest BCUT2D eigenvalue weighted by Gasteiger charge is -2.14. The van der Waals surface area contributed by atoms with Crippen molar-refractivity contribution in [3.05, 3.63) is 34.3 Å². The SMILES string of the molecule is CCC(Cc1ccccc1Br)NN. The molecule has 1 rings (SSSR count). The minimum atomic E-state index is 0.360. The second kappa shape index (κ2) is 5.37. The van der Waals surface area contributed by atoms with Crippen molar-refractivity contribution in [2.75, 3.05) is 0 Å². The van der Waals surface area contributed by atoms with Crippen LogP contribution in [0.1, 0.15) is 18.9 Å². The van der Waals surface area contributed by atoms with E-state index in [1.165, 1.54) is 5.56 Å². The van der Waals surface area contributed by atoms with Gasteiger partial charge in [0.15, 0.2) is 0 Å². The fourth-order valence-electron chi connectivity index (χ4n) is 1.25. The number of nitrogens with one attached hydrogen (secondary N) is 1. The minimum absolute atomic E-state index is 0.360. The monoisotopic (exact) mass is 242 g/mol. The Hall–Kier alpha value is -0.380. The first-order valence-corrected chi connectivity index (χ1v) is 5.26. The quantitative estimate of drug-likeness (QED) is 0.628. The number of hydrogen-bond donors (Lipinski definition) is 2. The molecule has 0 aliphatic heterocycles. The lowest BCUT2D eigenvalue weighted by molar-refractivity contribution is 0.510. The Morgan fingerprint density at radius 2 is 2.15 bits per heavy atom. The Morgan fingerprint density at radius 1 is 1.46 bits per heavy atom. The van der Waals surface area contributed by atoms with E-state index in [4.69, 9.17) is 5.84 Å². The fourth-order valence-corrected chi connectivity index (χ4v) is 1.70. The minimum Gasteiger partial charge on any atom is -0.271 e. The van der Waals surface area contributed by atoms with Crippen LogP contribution in [0.25, 0.3) is 0 Å². The average molecular weight is 243 g/mol. The molecule has 0 aromatic heterocycles. The van der Waals surface area contributed by atoms with E-state index < -0.39 is 0 Å². The number of rotatable bonds is 4. The van der Waals surface area contributed by atoms with Crippen molar-refractivity contribution < 1.29 is 0 Å². The molecule has 0 bridgehead atoms. The van der Waals surface area contributed by atoms with Crippen molar-refractivity contribution in [2.45, 2.75) is 25.8 Å². The van der Waals surface area contributed by atoms with E-state index in [-0.39, 0.29) is 0 Å². The zero-order valence-corrected chi connectivity index (χ0v) is 9.34. The van der Waals surface area contributed by atoms with Crippen LogP contribution >= 0.6 is 15.9 Å². The highest BCUT2D eigenvalue weighted by Crippen LogP contribution is 2.17. The van der Waals surface area contributed by atoms with Crippen molar-refractivity contribution in [1.82, 2.24) is 5.43 Å². The number of nitrogens with two attached hydrogens (primary N) is 1. The summed E-state index contributed by atoms with van der Waals surface area (Å²) in [6.07, 6.45) is 2.01. The molecule has 1 unspecified atom stereocenters. The highest BCUT2D eigenvalue weighted by Gasteiger charge is 2.06. The fraction of sp³-hybridized carbons (Fsp3) is 0.400. The van der Waals surface area contributed by atoms with Gasteiger partial charge in [-0.05, 0) is 24.5 Å². The summed E-state index contributed by atoms with van der Waals surface area (Å²) in [4.78, 5) is 0. The van der Waals surface area contributed by atoms with Gasteiger partial charge in [0, 0.05) is 10.5 Å². The van der Waals surface area contributed by atoms with Crippen molar-refractivity contribution in [1.29, 1.82) is 0 Å². The van der Waals surface area contributed by atoms with E-state index in [0.717, 1.165) is 17.3 Å². The van der Waals surface area contributed by atoms with Gasteiger partial charge in [-0.15, -0.1) is 0 Å². The third kappa shape index (κ3) is 3.10. The van der Waals surface area contributed by atoms with Crippen molar-refractivity contribution in [2.24, 2.45) is 5.84 Å². The van der Waals surface area contributed by atoms with E-state index in [9.17, 15) is 0 Å². The second-order valence-electron chi connectivity index (χ2n) is 3.07. The third-order valence-electron chi connectivity index (χ3n) is 2.15. The Balaban J connectivity index is 2.67. The van der Waals surface area contributed by atoms with Gasteiger partial charge in [0.05, 0.1) is 0 Å². The molecule has 1 aromatic carbocycles. The van der Waals surface area contributed by atoms with Crippen LogP contribution in [0.15, 0.2) is 28.7 Å². The largest absolute Gasteiger partial charge is 0.271 e. The van der Waals surface area contributed by atoms with Gasteiger partial charge in [0.1, 0.15) is 0 Å². The van der Waals surface area contributed by atoms with E-state index in [0.29, 0.717) is 6.04 Å². The van der Waals surface area contributed by atoms with Gasteiger partial charge in [-0.2, -0.15) is 0 Å². The molecule has 0 saturated heterocycles. The van der Waals surface area contributed by atoms with Crippen LogP contribution < -0.4 is 11.3 Å². The van der Waals surface area contributed by atoms with Crippen LogP contribution in [-0.4, -0.2) is 6.04 Å². The average Bonchev–Trinajstić information content (AvgIpc) is 2.17. The highest BCUT2D eigenvalue weighted by molar-refractivity contribution is 9.10. The predicted molar refractivity (Wildman–Crippen MR) is 59.2 cm³/mol. The van der Waals surface area contributed by atoms with Crippen LogP contribution in [-0.2, 0) is 6.42 Å². The predicted octanol–water partition coefficient (Wildman–Crippen LogP) is 2.23. The Labute approximate surface area is 87.6 Å². The maximum absolute atomic E-state index is 5.42. The second-order valence-corrected chi connectivity index (χ2v) is 3.92. The summed E-state index contributed by atoms with van der Waals surface area (Å²) in [5.41, 5.74) is 4.11. The topological polar surface area (TPSA) is 38.0 Å². The first-order chi connectivity index (χ1) is 6.27. The standard InChI is InChI=1S/C10H15BrN2/c1-2-9(13-12)7-8-5-3-4-6-10(8)11/h3-6,9,13H,2,7,12H2,1H3. The van der Waals surface area contributed by atoms with Crippen LogP contribution in [0, 0.1) is 0 Å². The third-order valence-corrected chi connectivity index (χ3v) is 2.93. The maximum Gasteiger partial charge on any atom is 0.0248 e. The number of hydrogen-bond acceptors (Lipinski definition) is 2. The van der Waals surface area contributed by atoms with E-state index in [1.54, 1.807) is 0 Å². The normalized spacial score (nSPS) is 12.8. The summed E-state index contributed by atoms with van der Waals surface area (Å²) in [5.74, 6) is 5.42. The molecule has 0 aliphatic rings. The molecule has 3 N–H and O–H groups in total. The number of benzene rings is 1. The molecule has 0 fully saturated rings. The molecule has 13 heavy (non-hydrogen) atoms. The number of halogens is 1. The molecule has 0 amide bonds. The van der Waals surface area contributed by atoms with Gasteiger partial charge in [0.2, 0.25) is 0 Å². The summed E-state index contributed by atoms with van der Waals surface area (Å²) in [6.45, 7) is 2.13. The Kier molecular flexibility index (Phi) is 4.42. The van der Waals surface area contributed by atoms with E-state index in [1.807, 2.05) is 12.1 Å². The van der Waals surface area contributed by atoms with Crippen molar-refractivity contribution in [3.63, 3.8) is 0 Å². The molecule has 1 atom stereocenters. The molecular weight excluding hydrogens is 228 g/mol. The smallest absolute Gasteiger partial charge is 0.0248 e. The van der Waals surface area contributed by atoms with Crippen LogP contribution in [0.2, 0.25) is 0 Å². The maximum atomic E-state index is 5.42. The first-order valence-electron chi connectivity index (χ1n) is 4.47. The van der Waals surface area contributed by atoms with Crippen LogP contribution in [0.3, 0.4) is 0 Å². The molecule has 0 saturated carbocycles. The van der Waals surface area contributed by atoms with Gasteiger partial charge in [-0.1, -0.05) is 41.1 Å². The summed E-state index contributed by atoms with van der Waals surface area (Å²) in [7, 11) is 0. The summed E-state index contributed by atoms with van der Waals surface area (Å²) in [5, 5.41) is 0. The Bertz CT molecular complexity index is 259. The van der Waals surface area contributed by atoms with Gasteiger partial charge in [-0.25, -0.2) is 0 Å². The molecular formula is C10H15BrN2. The molecule has 0 heterocycles. The van der Waals surface area contributed by atoms with Crippen LogP contribution in [0.4, 0.5) is 0 Å². The summed E-state index contributed by atoms with van der Waals surface area (Å²) >= 11 is 3.51. The van der Waals surface area contributed by atoms with Crippen molar-refractivity contribution >= 4 is 15.9 Å². The van der Waals surface area contributed by atoms with Gasteiger partial charge in [0.25, 0.3) is 0 Å². The molecule has 0 radical (unpaired) electrons. The zero-order valence-electron chi connectivity index (χ0n) is 7.76. The lowest BCUT2D eigenvalue weighted by atomic mass is 10.0. The molecule has 2 nitrogen and oxygen atoms in total. The summed E-state index contributed by atoms with van der Waals surface area (Å²) < 4.78 is 1.16. The van der Waals surface area contributed by atoms with Gasteiger partial charge < -0.3 is 0 Å². The molecule has 0 aliphatic carbocycles.